The Morgan fingerprint density at radius 2 is 1.76 bits per heavy atom. The molecule has 0 aliphatic carbocycles. The molecule has 2 aromatic carbocycles. The SMILES string of the molecule is C=CCOc1ccc(C=C2SC(=S)N(c3ccc(N(CC)CC)cc3)C2=O)cc1. The summed E-state index contributed by atoms with van der Waals surface area (Å²) in [5, 5.41) is 0. The molecule has 1 amide bonds. The lowest BCUT2D eigenvalue weighted by atomic mass is 10.2. The van der Waals surface area contributed by atoms with E-state index in [9.17, 15) is 4.79 Å². The highest BCUT2D eigenvalue weighted by Gasteiger charge is 2.33. The summed E-state index contributed by atoms with van der Waals surface area (Å²) in [6.07, 6.45) is 3.56. The van der Waals surface area contributed by atoms with Crippen molar-refractivity contribution < 1.29 is 9.53 Å². The number of thioether (sulfide) groups is 1. The van der Waals surface area contributed by atoms with E-state index in [1.54, 1.807) is 11.0 Å². The molecule has 6 heteroatoms. The molecule has 1 heterocycles. The minimum absolute atomic E-state index is 0.0948. The van der Waals surface area contributed by atoms with Crippen LogP contribution in [-0.2, 0) is 4.79 Å². The van der Waals surface area contributed by atoms with Crippen LogP contribution in [-0.4, -0.2) is 29.9 Å². The van der Waals surface area contributed by atoms with E-state index in [1.807, 2.05) is 54.6 Å². The van der Waals surface area contributed by atoms with Crippen molar-refractivity contribution in [1.29, 1.82) is 0 Å². The van der Waals surface area contributed by atoms with Gasteiger partial charge in [-0.3, -0.25) is 9.69 Å². The van der Waals surface area contributed by atoms with Crippen molar-refractivity contribution in [2.24, 2.45) is 0 Å². The zero-order valence-corrected chi connectivity index (χ0v) is 18.3. The Morgan fingerprint density at radius 3 is 2.34 bits per heavy atom. The lowest BCUT2D eigenvalue weighted by molar-refractivity contribution is -0.113. The molecule has 0 unspecified atom stereocenters. The lowest BCUT2D eigenvalue weighted by Gasteiger charge is -2.22. The molecule has 3 rings (SSSR count). The molecule has 1 aliphatic heterocycles. The van der Waals surface area contributed by atoms with E-state index < -0.39 is 0 Å². The standard InChI is InChI=1S/C23H24N2O2S2/c1-4-15-27-20-13-7-17(8-14-20)16-21-22(26)25(23(28)29-21)19-11-9-18(10-12-19)24(5-2)6-3/h4,7-14,16H,1,5-6,15H2,2-3H3. The van der Waals surface area contributed by atoms with Gasteiger partial charge in [0.2, 0.25) is 0 Å². The van der Waals surface area contributed by atoms with Crippen molar-refractivity contribution >= 4 is 51.7 Å². The molecule has 4 nitrogen and oxygen atoms in total. The third kappa shape index (κ3) is 4.89. The molecule has 1 saturated heterocycles. The van der Waals surface area contributed by atoms with Gasteiger partial charge in [-0.15, -0.1) is 0 Å². The Balaban J connectivity index is 1.77. The van der Waals surface area contributed by atoms with Crippen LogP contribution in [0.1, 0.15) is 19.4 Å². The average Bonchev–Trinajstić information content (AvgIpc) is 3.02. The van der Waals surface area contributed by atoms with Crippen molar-refractivity contribution in [3.63, 3.8) is 0 Å². The first kappa shape index (κ1) is 21.1. The van der Waals surface area contributed by atoms with Crippen molar-refractivity contribution in [3.8, 4) is 5.75 Å². The zero-order chi connectivity index (χ0) is 20.8. The number of thiocarbonyl (C=S) groups is 1. The molecule has 1 fully saturated rings. The van der Waals surface area contributed by atoms with Gasteiger partial charge in [0.25, 0.3) is 5.91 Å². The van der Waals surface area contributed by atoms with Crippen LogP contribution in [0, 0.1) is 0 Å². The second-order valence-electron chi connectivity index (χ2n) is 6.37. The number of hydrogen-bond acceptors (Lipinski definition) is 5. The number of anilines is 2. The molecule has 0 saturated carbocycles. The molecule has 0 atom stereocenters. The van der Waals surface area contributed by atoms with Gasteiger partial charge in [0.1, 0.15) is 12.4 Å². The summed E-state index contributed by atoms with van der Waals surface area (Å²) in [5.74, 6) is 0.672. The van der Waals surface area contributed by atoms with Crippen LogP contribution in [0.25, 0.3) is 6.08 Å². The van der Waals surface area contributed by atoms with Crippen LogP contribution in [0.15, 0.2) is 66.1 Å². The highest BCUT2D eigenvalue weighted by atomic mass is 32.2. The van der Waals surface area contributed by atoms with E-state index in [1.165, 1.54) is 11.8 Å². The first-order valence-electron chi connectivity index (χ1n) is 9.54. The largest absolute Gasteiger partial charge is 0.490 e. The van der Waals surface area contributed by atoms with Gasteiger partial charge >= 0.3 is 0 Å². The van der Waals surface area contributed by atoms with Gasteiger partial charge in [0.05, 0.1) is 10.6 Å². The summed E-state index contributed by atoms with van der Waals surface area (Å²) in [6, 6.07) is 15.6. The van der Waals surface area contributed by atoms with Gasteiger partial charge in [0.15, 0.2) is 4.32 Å². The second kappa shape index (κ2) is 9.76. The molecule has 2 aromatic rings. The fourth-order valence-corrected chi connectivity index (χ4v) is 4.36. The molecular weight excluding hydrogens is 400 g/mol. The molecular formula is C23H24N2O2S2. The van der Waals surface area contributed by atoms with Crippen LogP contribution >= 0.6 is 24.0 Å². The number of ether oxygens (including phenoxy) is 1. The van der Waals surface area contributed by atoms with Crippen molar-refractivity contribution in [2.45, 2.75) is 13.8 Å². The predicted octanol–water partition coefficient (Wildman–Crippen LogP) is 5.50. The van der Waals surface area contributed by atoms with Gasteiger partial charge in [-0.1, -0.05) is 48.8 Å². The van der Waals surface area contributed by atoms with Gasteiger partial charge in [-0.25, -0.2) is 0 Å². The minimum atomic E-state index is -0.0948. The predicted molar refractivity (Wildman–Crippen MR) is 128 cm³/mol. The quantitative estimate of drug-likeness (QED) is 0.317. The average molecular weight is 425 g/mol. The summed E-state index contributed by atoms with van der Waals surface area (Å²) in [7, 11) is 0. The van der Waals surface area contributed by atoms with E-state index in [4.69, 9.17) is 17.0 Å². The highest BCUT2D eigenvalue weighted by Crippen LogP contribution is 2.36. The van der Waals surface area contributed by atoms with E-state index in [0.29, 0.717) is 15.8 Å². The lowest BCUT2D eigenvalue weighted by Crippen LogP contribution is -2.27. The number of amides is 1. The van der Waals surface area contributed by atoms with Crippen LogP contribution in [0.3, 0.4) is 0 Å². The van der Waals surface area contributed by atoms with Crippen molar-refractivity contribution in [1.82, 2.24) is 0 Å². The first-order valence-corrected chi connectivity index (χ1v) is 10.8. The summed E-state index contributed by atoms with van der Waals surface area (Å²) in [4.78, 5) is 17.4. The maximum absolute atomic E-state index is 13.0. The van der Waals surface area contributed by atoms with Crippen molar-refractivity contribution in [3.05, 3.63) is 71.7 Å². The number of rotatable bonds is 8. The second-order valence-corrected chi connectivity index (χ2v) is 8.05. The molecule has 150 valence electrons. The van der Waals surface area contributed by atoms with Crippen molar-refractivity contribution in [2.75, 3.05) is 29.5 Å². The van der Waals surface area contributed by atoms with Gasteiger partial charge in [-0.05, 0) is 61.9 Å². The Kier molecular flexibility index (Phi) is 7.12. The highest BCUT2D eigenvalue weighted by molar-refractivity contribution is 8.27. The molecule has 0 aromatic heterocycles. The fraction of sp³-hybridized carbons (Fsp3) is 0.217. The first-order chi connectivity index (χ1) is 14.1. The molecule has 0 spiro atoms. The zero-order valence-electron chi connectivity index (χ0n) is 16.6. The molecule has 0 bridgehead atoms. The van der Waals surface area contributed by atoms with E-state index in [0.717, 1.165) is 35.8 Å². The molecule has 1 aliphatic rings. The van der Waals surface area contributed by atoms with Crippen LogP contribution < -0.4 is 14.5 Å². The van der Waals surface area contributed by atoms with Gasteiger partial charge < -0.3 is 9.64 Å². The summed E-state index contributed by atoms with van der Waals surface area (Å²) in [6.45, 7) is 10.2. The number of hydrogen-bond donors (Lipinski definition) is 0. The topological polar surface area (TPSA) is 32.8 Å². The molecule has 29 heavy (non-hydrogen) atoms. The normalized spacial score (nSPS) is 15.1. The Bertz CT molecular complexity index is 917. The Morgan fingerprint density at radius 1 is 1.10 bits per heavy atom. The maximum Gasteiger partial charge on any atom is 0.270 e. The maximum atomic E-state index is 13.0. The number of carbonyl (C=O) groups excluding carboxylic acids is 1. The minimum Gasteiger partial charge on any atom is -0.490 e. The van der Waals surface area contributed by atoms with Gasteiger partial charge in [0, 0.05) is 18.8 Å². The number of carbonyl (C=O) groups is 1. The van der Waals surface area contributed by atoms with E-state index in [-0.39, 0.29) is 5.91 Å². The summed E-state index contributed by atoms with van der Waals surface area (Å²) >= 11 is 6.80. The monoisotopic (exact) mass is 424 g/mol. The Labute approximate surface area is 181 Å². The summed E-state index contributed by atoms with van der Waals surface area (Å²) < 4.78 is 6.04. The van der Waals surface area contributed by atoms with E-state index in [2.05, 4.69) is 25.3 Å². The molecule has 0 radical (unpaired) electrons. The fourth-order valence-electron chi connectivity index (χ4n) is 3.06. The van der Waals surface area contributed by atoms with Crippen LogP contribution in [0.4, 0.5) is 11.4 Å². The van der Waals surface area contributed by atoms with Crippen LogP contribution in [0.5, 0.6) is 5.75 Å². The summed E-state index contributed by atoms with van der Waals surface area (Å²) in [5.41, 5.74) is 2.85. The smallest absolute Gasteiger partial charge is 0.270 e. The third-order valence-electron chi connectivity index (χ3n) is 4.58. The number of benzene rings is 2. The van der Waals surface area contributed by atoms with Crippen LogP contribution in [0.2, 0.25) is 0 Å². The van der Waals surface area contributed by atoms with E-state index >= 15 is 0 Å². The molecule has 0 N–H and O–H groups in total. The Hall–Kier alpha value is -2.57. The number of nitrogens with zero attached hydrogens (tertiary/aromatic N) is 2. The third-order valence-corrected chi connectivity index (χ3v) is 5.88. The van der Waals surface area contributed by atoms with Gasteiger partial charge in [-0.2, -0.15) is 0 Å².